The van der Waals surface area contributed by atoms with Gasteiger partial charge in [-0.1, -0.05) is 42.5 Å². The number of carbonyl (C=O) groups excluding carboxylic acids is 2. The molecule has 2 heterocycles. The molecule has 30 heavy (non-hydrogen) atoms. The molecule has 0 aliphatic carbocycles. The average molecular weight is 410 g/mol. The van der Waals surface area contributed by atoms with Crippen molar-refractivity contribution >= 4 is 11.8 Å². The quantitative estimate of drug-likeness (QED) is 0.778. The summed E-state index contributed by atoms with van der Waals surface area (Å²) in [7, 11) is 0. The van der Waals surface area contributed by atoms with Gasteiger partial charge in [0.2, 0.25) is 11.8 Å². The maximum absolute atomic E-state index is 13.1. The highest BCUT2D eigenvalue weighted by atomic mass is 19.1. The van der Waals surface area contributed by atoms with Crippen molar-refractivity contribution in [3.05, 3.63) is 71.5 Å². The van der Waals surface area contributed by atoms with Gasteiger partial charge in [-0.05, 0) is 42.5 Å². The number of hydrogen-bond acceptors (Lipinski definition) is 3. The molecule has 0 N–H and O–H groups in total. The fourth-order valence-corrected chi connectivity index (χ4v) is 4.34. The molecule has 1 spiro atoms. The molecule has 0 radical (unpaired) electrons. The van der Waals surface area contributed by atoms with Crippen LogP contribution < -0.4 is 0 Å². The van der Waals surface area contributed by atoms with Crippen LogP contribution in [0.25, 0.3) is 0 Å². The van der Waals surface area contributed by atoms with E-state index in [9.17, 15) is 14.0 Å². The molecule has 2 amide bonds. The molecule has 6 heteroatoms. The lowest BCUT2D eigenvalue weighted by Gasteiger charge is -2.42. The molecule has 2 saturated heterocycles. The number of amides is 2. The summed E-state index contributed by atoms with van der Waals surface area (Å²) in [5, 5.41) is 0. The summed E-state index contributed by atoms with van der Waals surface area (Å²) in [4.78, 5) is 28.9. The Bertz CT molecular complexity index is 887. The first-order chi connectivity index (χ1) is 14.5. The Labute approximate surface area is 176 Å². The Hall–Kier alpha value is -2.73. The Balaban J connectivity index is 1.38. The van der Waals surface area contributed by atoms with E-state index < -0.39 is 5.60 Å². The van der Waals surface area contributed by atoms with Crippen LogP contribution >= 0.6 is 0 Å². The number of rotatable bonds is 4. The Morgan fingerprint density at radius 2 is 1.77 bits per heavy atom. The van der Waals surface area contributed by atoms with Crippen molar-refractivity contribution in [1.82, 2.24) is 9.80 Å². The molecule has 4 rings (SSSR count). The third-order valence-corrected chi connectivity index (χ3v) is 6.07. The number of hydrogen-bond donors (Lipinski definition) is 0. The van der Waals surface area contributed by atoms with E-state index in [1.165, 1.54) is 12.1 Å². The van der Waals surface area contributed by atoms with Gasteiger partial charge in [0.25, 0.3) is 0 Å². The second-order valence-corrected chi connectivity index (χ2v) is 8.24. The molecule has 2 aromatic rings. The molecule has 5 nitrogen and oxygen atoms in total. The summed E-state index contributed by atoms with van der Waals surface area (Å²) >= 11 is 0. The minimum Gasteiger partial charge on any atom is -0.363 e. The van der Waals surface area contributed by atoms with Crippen molar-refractivity contribution < 1.29 is 18.7 Å². The number of carbonyl (C=O) groups is 2. The minimum absolute atomic E-state index is 0.0120. The van der Waals surface area contributed by atoms with Crippen LogP contribution in [-0.4, -0.2) is 53.5 Å². The van der Waals surface area contributed by atoms with Crippen LogP contribution in [0.5, 0.6) is 0 Å². The summed E-state index contributed by atoms with van der Waals surface area (Å²) in [5.74, 6) is -0.239. The molecule has 2 aliphatic heterocycles. The number of ether oxygens (including phenoxy) is 1. The summed E-state index contributed by atoms with van der Waals surface area (Å²) in [5.41, 5.74) is 1.52. The zero-order valence-electron chi connectivity index (χ0n) is 17.1. The van der Waals surface area contributed by atoms with Gasteiger partial charge in [-0.3, -0.25) is 9.59 Å². The van der Waals surface area contributed by atoms with Gasteiger partial charge in [0.15, 0.2) is 0 Å². The van der Waals surface area contributed by atoms with Crippen molar-refractivity contribution in [2.24, 2.45) is 0 Å². The van der Waals surface area contributed by atoms with Crippen molar-refractivity contribution in [2.45, 2.75) is 37.8 Å². The van der Waals surface area contributed by atoms with Gasteiger partial charge >= 0.3 is 0 Å². The summed E-state index contributed by atoms with van der Waals surface area (Å²) < 4.78 is 19.1. The second-order valence-electron chi connectivity index (χ2n) is 8.24. The van der Waals surface area contributed by atoms with Crippen molar-refractivity contribution in [3.8, 4) is 0 Å². The highest BCUT2D eigenvalue weighted by molar-refractivity contribution is 5.79. The Morgan fingerprint density at radius 3 is 2.53 bits per heavy atom. The molecule has 2 aromatic carbocycles. The average Bonchev–Trinajstić information content (AvgIpc) is 2.96. The van der Waals surface area contributed by atoms with Gasteiger partial charge in [0.1, 0.15) is 12.4 Å². The van der Waals surface area contributed by atoms with E-state index in [-0.39, 0.29) is 30.7 Å². The van der Waals surface area contributed by atoms with Crippen molar-refractivity contribution in [1.29, 1.82) is 0 Å². The number of nitrogens with zero attached hydrogens (tertiary/aromatic N) is 2. The first kappa shape index (κ1) is 20.5. The predicted octanol–water partition coefficient (Wildman–Crippen LogP) is 3.18. The molecule has 0 bridgehead atoms. The molecule has 0 aromatic heterocycles. The first-order valence-corrected chi connectivity index (χ1v) is 10.5. The van der Waals surface area contributed by atoms with Crippen LogP contribution in [0.3, 0.4) is 0 Å². The summed E-state index contributed by atoms with van der Waals surface area (Å²) in [6, 6.07) is 16.1. The monoisotopic (exact) mass is 410 g/mol. The summed E-state index contributed by atoms with van der Waals surface area (Å²) in [6.07, 6.45) is 2.64. The zero-order valence-corrected chi connectivity index (χ0v) is 17.1. The second kappa shape index (κ2) is 8.96. The molecule has 0 saturated carbocycles. The minimum atomic E-state index is -0.395. The van der Waals surface area contributed by atoms with E-state index in [0.29, 0.717) is 32.6 Å². The van der Waals surface area contributed by atoms with Crippen LogP contribution in [0.15, 0.2) is 54.6 Å². The highest BCUT2D eigenvalue weighted by Crippen LogP contribution is 2.31. The highest BCUT2D eigenvalue weighted by Gasteiger charge is 2.41. The van der Waals surface area contributed by atoms with Crippen molar-refractivity contribution in [3.63, 3.8) is 0 Å². The molecule has 1 atom stereocenters. The van der Waals surface area contributed by atoms with Crippen LogP contribution in [0.1, 0.15) is 30.4 Å². The third-order valence-electron chi connectivity index (χ3n) is 6.07. The number of benzene rings is 2. The van der Waals surface area contributed by atoms with Crippen molar-refractivity contribution in [2.75, 3.05) is 26.2 Å². The lowest BCUT2D eigenvalue weighted by Crippen LogP contribution is -2.54. The number of halogens is 1. The molecular weight excluding hydrogens is 383 g/mol. The van der Waals surface area contributed by atoms with Crippen LogP contribution in [0, 0.1) is 5.82 Å². The fraction of sp³-hybridized carbons (Fsp3) is 0.417. The maximum atomic E-state index is 13.1. The van der Waals surface area contributed by atoms with E-state index in [4.69, 9.17) is 4.74 Å². The fourth-order valence-electron chi connectivity index (χ4n) is 4.34. The molecule has 0 unspecified atom stereocenters. The van der Waals surface area contributed by atoms with E-state index in [0.717, 1.165) is 24.0 Å². The molecule has 2 fully saturated rings. The Morgan fingerprint density at radius 1 is 1.00 bits per heavy atom. The summed E-state index contributed by atoms with van der Waals surface area (Å²) in [6.45, 7) is 2.51. The third kappa shape index (κ3) is 4.87. The smallest absolute Gasteiger partial charge is 0.248 e. The van der Waals surface area contributed by atoms with Gasteiger partial charge in [-0.25, -0.2) is 4.39 Å². The lowest BCUT2D eigenvalue weighted by molar-refractivity contribution is -0.167. The van der Waals surface area contributed by atoms with Crippen LogP contribution in [0.4, 0.5) is 4.39 Å². The van der Waals surface area contributed by atoms with Crippen LogP contribution in [0.2, 0.25) is 0 Å². The molecule has 158 valence electrons. The normalized spacial score (nSPS) is 22.2. The topological polar surface area (TPSA) is 49.9 Å². The van der Waals surface area contributed by atoms with Gasteiger partial charge < -0.3 is 14.5 Å². The van der Waals surface area contributed by atoms with Gasteiger partial charge in [0.05, 0.1) is 18.6 Å². The van der Waals surface area contributed by atoms with E-state index >= 15 is 0 Å². The predicted molar refractivity (Wildman–Crippen MR) is 111 cm³/mol. The zero-order chi connectivity index (χ0) is 21.0. The van der Waals surface area contributed by atoms with Crippen LogP contribution in [-0.2, 0) is 27.3 Å². The lowest BCUT2D eigenvalue weighted by atomic mass is 9.92. The largest absolute Gasteiger partial charge is 0.363 e. The first-order valence-electron chi connectivity index (χ1n) is 10.5. The molecule has 2 aliphatic rings. The SMILES string of the molecule is O=C(Cc1ccc(F)cc1)N1CCC[C@@]2(CC1)CN(Cc1ccccc1)C(=O)CO2. The van der Waals surface area contributed by atoms with E-state index in [1.807, 2.05) is 40.1 Å². The maximum Gasteiger partial charge on any atom is 0.248 e. The van der Waals surface area contributed by atoms with E-state index in [1.54, 1.807) is 12.1 Å². The van der Waals surface area contributed by atoms with Gasteiger partial charge in [-0.15, -0.1) is 0 Å². The van der Waals surface area contributed by atoms with Gasteiger partial charge in [-0.2, -0.15) is 0 Å². The van der Waals surface area contributed by atoms with E-state index in [2.05, 4.69) is 0 Å². The number of morpholine rings is 1. The molecular formula is C24H27FN2O3. The number of likely N-dealkylation sites (tertiary alicyclic amines) is 1. The standard InChI is InChI=1S/C24H27FN2O3/c25-21-9-7-19(8-10-21)15-22(28)26-13-4-11-24(12-14-26)18-27(23(29)17-30-24)16-20-5-2-1-3-6-20/h1-3,5-10H,4,11-18H2/t24-/m1/s1. The van der Waals surface area contributed by atoms with Gasteiger partial charge in [0, 0.05) is 19.6 Å². The Kier molecular flexibility index (Phi) is 6.13.